The minimum absolute atomic E-state index is 0.0923. The Labute approximate surface area is 207 Å². The Balaban J connectivity index is 1.43. The summed E-state index contributed by atoms with van der Waals surface area (Å²) >= 11 is 0. The third-order valence-electron chi connectivity index (χ3n) is 7.45. The van der Waals surface area contributed by atoms with Crippen LogP contribution in [-0.4, -0.2) is 26.5 Å². The highest BCUT2D eigenvalue weighted by Crippen LogP contribution is 2.44. The Bertz CT molecular complexity index is 1410. The lowest BCUT2D eigenvalue weighted by molar-refractivity contribution is 0.355. The van der Waals surface area contributed by atoms with Crippen LogP contribution in [0, 0.1) is 0 Å². The lowest BCUT2D eigenvalue weighted by Crippen LogP contribution is -2.15. The molecule has 3 aliphatic rings. The van der Waals surface area contributed by atoms with Crippen LogP contribution in [0.15, 0.2) is 83.9 Å². The standard InChI is InChI=1S/C32H29NO2/c1-34-31-18-13-21(20-32(31)35-2)22-8-6-9-23-25(22)14-15-27-24-10-7-11-29(28(24)17-16-26(23)27)30-12-4-3-5-19-33-30/h3-6,8-9,11-13,16-20,30H,7,10,14-15H2,1-2H3. The van der Waals surface area contributed by atoms with E-state index in [-0.39, 0.29) is 6.04 Å². The van der Waals surface area contributed by atoms with Crippen molar-refractivity contribution in [3.63, 3.8) is 0 Å². The van der Waals surface area contributed by atoms with Crippen molar-refractivity contribution in [2.45, 2.75) is 31.7 Å². The van der Waals surface area contributed by atoms with E-state index >= 15 is 0 Å². The zero-order valence-corrected chi connectivity index (χ0v) is 20.3. The molecule has 3 nitrogen and oxygen atoms in total. The highest BCUT2D eigenvalue weighted by Gasteiger charge is 2.26. The molecule has 174 valence electrons. The Morgan fingerprint density at radius 3 is 2.37 bits per heavy atom. The number of nitrogens with zero attached hydrogens (tertiary/aromatic N) is 1. The van der Waals surface area contributed by atoms with Crippen molar-refractivity contribution in [1.82, 2.24) is 0 Å². The van der Waals surface area contributed by atoms with Gasteiger partial charge in [-0.25, -0.2) is 0 Å². The van der Waals surface area contributed by atoms with Crippen molar-refractivity contribution in [2.75, 3.05) is 14.2 Å². The van der Waals surface area contributed by atoms with E-state index in [1.165, 1.54) is 44.5 Å². The summed E-state index contributed by atoms with van der Waals surface area (Å²) in [5, 5.41) is 0. The van der Waals surface area contributed by atoms with Gasteiger partial charge in [0, 0.05) is 6.21 Å². The summed E-state index contributed by atoms with van der Waals surface area (Å²) in [7, 11) is 3.37. The van der Waals surface area contributed by atoms with Crippen molar-refractivity contribution >= 4 is 11.8 Å². The zero-order chi connectivity index (χ0) is 23.8. The molecular formula is C32H29NO2. The van der Waals surface area contributed by atoms with Gasteiger partial charge in [-0.1, -0.05) is 60.7 Å². The minimum Gasteiger partial charge on any atom is -0.493 e. The highest BCUT2D eigenvalue weighted by molar-refractivity contribution is 5.87. The molecule has 6 rings (SSSR count). The molecule has 1 aliphatic heterocycles. The van der Waals surface area contributed by atoms with E-state index in [0.29, 0.717) is 0 Å². The molecule has 0 spiro atoms. The van der Waals surface area contributed by atoms with E-state index in [2.05, 4.69) is 60.7 Å². The first-order chi connectivity index (χ1) is 17.3. The second-order valence-electron chi connectivity index (χ2n) is 9.23. The Kier molecular flexibility index (Phi) is 5.61. The van der Waals surface area contributed by atoms with E-state index in [4.69, 9.17) is 14.5 Å². The van der Waals surface area contributed by atoms with Crippen LogP contribution in [-0.2, 0) is 19.3 Å². The van der Waals surface area contributed by atoms with E-state index in [1.54, 1.807) is 14.2 Å². The fourth-order valence-corrected chi connectivity index (χ4v) is 5.84. The van der Waals surface area contributed by atoms with Gasteiger partial charge in [0.1, 0.15) is 0 Å². The van der Waals surface area contributed by atoms with E-state index in [0.717, 1.165) is 42.7 Å². The smallest absolute Gasteiger partial charge is 0.161 e. The number of ether oxygens (including phenoxy) is 2. The summed E-state index contributed by atoms with van der Waals surface area (Å²) in [4.78, 5) is 4.78. The van der Waals surface area contributed by atoms with Crippen LogP contribution in [0.3, 0.4) is 0 Å². The number of benzene rings is 3. The summed E-state index contributed by atoms with van der Waals surface area (Å²) in [5.41, 5.74) is 12.4. The average molecular weight is 460 g/mol. The first-order valence-electron chi connectivity index (χ1n) is 12.3. The molecule has 1 unspecified atom stereocenters. The number of methoxy groups -OCH3 is 2. The van der Waals surface area contributed by atoms with Gasteiger partial charge in [0.15, 0.2) is 11.5 Å². The normalized spacial score (nSPS) is 17.7. The van der Waals surface area contributed by atoms with Gasteiger partial charge in [0.05, 0.1) is 20.3 Å². The number of fused-ring (bicyclic) bond motifs is 5. The first-order valence-corrected chi connectivity index (χ1v) is 12.3. The maximum absolute atomic E-state index is 5.58. The van der Waals surface area contributed by atoms with E-state index in [1.807, 2.05) is 24.4 Å². The van der Waals surface area contributed by atoms with Crippen LogP contribution in [0.5, 0.6) is 11.5 Å². The summed E-state index contributed by atoms with van der Waals surface area (Å²) in [6, 6.07) is 17.7. The molecule has 0 saturated carbocycles. The fraction of sp³-hybridized carbons (Fsp3) is 0.219. The molecule has 1 heterocycles. The molecule has 0 radical (unpaired) electrons. The molecule has 3 aromatic rings. The molecule has 3 heteroatoms. The van der Waals surface area contributed by atoms with Crippen molar-refractivity contribution < 1.29 is 9.47 Å². The maximum atomic E-state index is 5.58. The summed E-state index contributed by atoms with van der Waals surface area (Å²) < 4.78 is 11.0. The van der Waals surface area contributed by atoms with Crippen molar-refractivity contribution in [2.24, 2.45) is 4.99 Å². The molecule has 1 atom stereocenters. The topological polar surface area (TPSA) is 30.8 Å². The van der Waals surface area contributed by atoms with Gasteiger partial charge < -0.3 is 9.47 Å². The highest BCUT2D eigenvalue weighted by atomic mass is 16.5. The monoisotopic (exact) mass is 459 g/mol. The van der Waals surface area contributed by atoms with Crippen molar-refractivity contribution in [3.8, 4) is 33.8 Å². The van der Waals surface area contributed by atoms with Gasteiger partial charge in [-0.3, -0.25) is 4.99 Å². The Morgan fingerprint density at radius 1 is 0.714 bits per heavy atom. The van der Waals surface area contributed by atoms with Gasteiger partial charge in [-0.05, 0) is 94.0 Å². The van der Waals surface area contributed by atoms with Crippen LogP contribution in [0.4, 0.5) is 0 Å². The third-order valence-corrected chi connectivity index (χ3v) is 7.45. The quantitative estimate of drug-likeness (QED) is 0.419. The second-order valence-corrected chi connectivity index (χ2v) is 9.23. The van der Waals surface area contributed by atoms with Crippen LogP contribution in [0.2, 0.25) is 0 Å². The molecule has 3 aromatic carbocycles. The van der Waals surface area contributed by atoms with Crippen LogP contribution in [0.1, 0.15) is 28.7 Å². The molecule has 0 amide bonds. The third kappa shape index (κ3) is 3.72. The largest absolute Gasteiger partial charge is 0.493 e. The number of aliphatic imine (C=N–C) groups is 1. The molecule has 35 heavy (non-hydrogen) atoms. The number of hydrogen-bond donors (Lipinski definition) is 0. The molecular weight excluding hydrogens is 430 g/mol. The predicted octanol–water partition coefficient (Wildman–Crippen LogP) is 7.03. The maximum Gasteiger partial charge on any atom is 0.161 e. The van der Waals surface area contributed by atoms with Crippen LogP contribution < -0.4 is 9.47 Å². The molecule has 0 aromatic heterocycles. The van der Waals surface area contributed by atoms with Gasteiger partial charge in [-0.2, -0.15) is 0 Å². The number of rotatable bonds is 4. The number of allylic oxidation sites excluding steroid dienone is 4. The van der Waals surface area contributed by atoms with E-state index in [9.17, 15) is 0 Å². The number of hydrogen-bond acceptors (Lipinski definition) is 3. The lowest BCUT2D eigenvalue weighted by Gasteiger charge is -2.29. The van der Waals surface area contributed by atoms with Crippen molar-refractivity contribution in [3.05, 3.63) is 101 Å². The summed E-state index contributed by atoms with van der Waals surface area (Å²) in [6.07, 6.45) is 16.9. The molecule has 0 N–H and O–H groups in total. The SMILES string of the molecule is COc1ccc(-c2cccc3c2CCc2c-3ccc3c2CCC=C3C2C=CC=CC=N2)cc1OC. The molecule has 0 saturated heterocycles. The summed E-state index contributed by atoms with van der Waals surface area (Å²) in [5.74, 6) is 1.52. The fourth-order valence-electron chi connectivity index (χ4n) is 5.84. The predicted molar refractivity (Wildman–Crippen MR) is 145 cm³/mol. The average Bonchev–Trinajstić information content (AvgIpc) is 3.21. The zero-order valence-electron chi connectivity index (χ0n) is 20.3. The Morgan fingerprint density at radius 2 is 1.49 bits per heavy atom. The first kappa shape index (κ1) is 21.7. The van der Waals surface area contributed by atoms with Gasteiger partial charge in [0.2, 0.25) is 0 Å². The van der Waals surface area contributed by atoms with E-state index < -0.39 is 0 Å². The van der Waals surface area contributed by atoms with Gasteiger partial charge in [0.25, 0.3) is 0 Å². The molecule has 2 aliphatic carbocycles. The molecule has 0 fully saturated rings. The van der Waals surface area contributed by atoms with Gasteiger partial charge >= 0.3 is 0 Å². The second kappa shape index (κ2) is 9.07. The lowest BCUT2D eigenvalue weighted by atomic mass is 9.75. The van der Waals surface area contributed by atoms with Crippen LogP contribution >= 0.6 is 0 Å². The van der Waals surface area contributed by atoms with Gasteiger partial charge in [-0.15, -0.1) is 0 Å². The Hall–Kier alpha value is -3.85. The van der Waals surface area contributed by atoms with Crippen molar-refractivity contribution in [1.29, 1.82) is 0 Å². The summed E-state index contributed by atoms with van der Waals surface area (Å²) in [6.45, 7) is 0. The minimum atomic E-state index is 0.0923. The van der Waals surface area contributed by atoms with Crippen LogP contribution in [0.25, 0.3) is 27.8 Å². The molecule has 0 bridgehead atoms.